The summed E-state index contributed by atoms with van der Waals surface area (Å²) >= 11 is 0. The molecule has 130 valence electrons. The van der Waals surface area contributed by atoms with Crippen molar-refractivity contribution in [2.24, 2.45) is 11.8 Å². The molecule has 0 spiro atoms. The molecular formula is C16H28N4O2S. The third kappa shape index (κ3) is 4.88. The van der Waals surface area contributed by atoms with Crippen LogP contribution in [-0.2, 0) is 16.4 Å². The van der Waals surface area contributed by atoms with Gasteiger partial charge in [0.2, 0.25) is 16.0 Å². The maximum atomic E-state index is 11.5. The summed E-state index contributed by atoms with van der Waals surface area (Å²) < 4.78 is 24.6. The minimum atomic E-state index is -3.07. The van der Waals surface area contributed by atoms with Gasteiger partial charge in [-0.3, -0.25) is 0 Å². The van der Waals surface area contributed by atoms with E-state index in [9.17, 15) is 8.42 Å². The number of hydrogen-bond acceptors (Lipinski definition) is 5. The third-order valence-corrected chi connectivity index (χ3v) is 5.57. The first-order valence-corrected chi connectivity index (χ1v) is 10.0. The molecule has 23 heavy (non-hydrogen) atoms. The fourth-order valence-electron chi connectivity index (χ4n) is 3.02. The standard InChI is InChI=1S/C16H28N4O2S/c1-11(2)8-15-12(3)18-16(19-13(15)4)17-9-14-6-7-20(10-14)23(5,21)22/h11,14H,6-10H2,1-5H3,(H,17,18,19)/t14-/m0/s1. The van der Waals surface area contributed by atoms with Crippen molar-refractivity contribution in [1.29, 1.82) is 0 Å². The number of aromatic nitrogens is 2. The van der Waals surface area contributed by atoms with Gasteiger partial charge in [0.15, 0.2) is 0 Å². The Bertz CT molecular complexity index is 635. The summed E-state index contributed by atoms with van der Waals surface area (Å²) in [4.78, 5) is 9.12. The first-order chi connectivity index (χ1) is 10.7. The van der Waals surface area contributed by atoms with Crippen LogP contribution < -0.4 is 5.32 Å². The van der Waals surface area contributed by atoms with Crippen molar-refractivity contribution in [3.8, 4) is 0 Å². The van der Waals surface area contributed by atoms with Gasteiger partial charge in [0.25, 0.3) is 0 Å². The number of hydrogen-bond donors (Lipinski definition) is 1. The lowest BCUT2D eigenvalue weighted by molar-refractivity contribution is 0.466. The van der Waals surface area contributed by atoms with E-state index in [1.54, 1.807) is 4.31 Å². The fourth-order valence-corrected chi connectivity index (χ4v) is 3.94. The maximum Gasteiger partial charge on any atom is 0.223 e. The molecule has 0 aliphatic carbocycles. The van der Waals surface area contributed by atoms with E-state index in [0.29, 0.717) is 37.4 Å². The lowest BCUT2D eigenvalue weighted by Gasteiger charge is -2.16. The van der Waals surface area contributed by atoms with Gasteiger partial charge in [-0.25, -0.2) is 22.7 Å². The van der Waals surface area contributed by atoms with Crippen LogP contribution in [0.25, 0.3) is 0 Å². The number of nitrogens with zero attached hydrogens (tertiary/aromatic N) is 3. The van der Waals surface area contributed by atoms with Crippen molar-refractivity contribution in [2.75, 3.05) is 31.2 Å². The molecule has 0 amide bonds. The molecule has 0 aromatic carbocycles. The number of nitrogens with one attached hydrogen (secondary N) is 1. The zero-order valence-electron chi connectivity index (χ0n) is 14.8. The van der Waals surface area contributed by atoms with E-state index in [2.05, 4.69) is 29.1 Å². The van der Waals surface area contributed by atoms with Crippen molar-refractivity contribution in [1.82, 2.24) is 14.3 Å². The van der Waals surface area contributed by atoms with Crippen molar-refractivity contribution in [2.45, 2.75) is 40.5 Å². The van der Waals surface area contributed by atoms with Gasteiger partial charge < -0.3 is 5.32 Å². The van der Waals surface area contributed by atoms with Crippen LogP contribution in [0.15, 0.2) is 0 Å². The average Bonchev–Trinajstić information content (AvgIpc) is 2.89. The van der Waals surface area contributed by atoms with E-state index in [4.69, 9.17) is 0 Å². The van der Waals surface area contributed by atoms with Gasteiger partial charge in [-0.2, -0.15) is 0 Å². The summed E-state index contributed by atoms with van der Waals surface area (Å²) in [6.45, 7) is 10.3. The normalized spacial score (nSPS) is 19.5. The second-order valence-electron chi connectivity index (χ2n) is 6.95. The zero-order valence-corrected chi connectivity index (χ0v) is 15.6. The molecule has 0 radical (unpaired) electrons. The molecule has 6 nitrogen and oxygen atoms in total. The number of aryl methyl sites for hydroxylation is 2. The fraction of sp³-hybridized carbons (Fsp3) is 0.750. The zero-order chi connectivity index (χ0) is 17.2. The van der Waals surface area contributed by atoms with Crippen LogP contribution in [0.2, 0.25) is 0 Å². The van der Waals surface area contributed by atoms with Crippen LogP contribution in [0.4, 0.5) is 5.95 Å². The highest BCUT2D eigenvalue weighted by Crippen LogP contribution is 2.20. The van der Waals surface area contributed by atoms with Gasteiger partial charge in [-0.1, -0.05) is 13.8 Å². The van der Waals surface area contributed by atoms with Crippen LogP contribution in [0.1, 0.15) is 37.2 Å². The monoisotopic (exact) mass is 340 g/mol. The SMILES string of the molecule is Cc1nc(NC[C@@H]2CCN(S(C)(=O)=O)C2)nc(C)c1CC(C)C. The second-order valence-corrected chi connectivity index (χ2v) is 8.93. The van der Waals surface area contributed by atoms with Crippen LogP contribution >= 0.6 is 0 Å². The van der Waals surface area contributed by atoms with Crippen molar-refractivity contribution in [3.63, 3.8) is 0 Å². The van der Waals surface area contributed by atoms with E-state index in [1.807, 2.05) is 13.8 Å². The third-order valence-electron chi connectivity index (χ3n) is 4.30. The van der Waals surface area contributed by atoms with E-state index in [1.165, 1.54) is 11.8 Å². The summed E-state index contributed by atoms with van der Waals surface area (Å²) in [5.74, 6) is 1.53. The number of rotatable bonds is 6. The Kier molecular flexibility index (Phi) is 5.62. The molecule has 1 aliphatic rings. The summed E-state index contributed by atoms with van der Waals surface area (Å²) in [6, 6.07) is 0. The predicted molar refractivity (Wildman–Crippen MR) is 93.1 cm³/mol. The van der Waals surface area contributed by atoms with E-state index in [0.717, 1.165) is 24.2 Å². The lowest BCUT2D eigenvalue weighted by atomic mass is 10.0. The molecule has 0 saturated carbocycles. The van der Waals surface area contributed by atoms with Gasteiger partial charge in [0.1, 0.15) is 0 Å². The highest BCUT2D eigenvalue weighted by molar-refractivity contribution is 7.88. The molecule has 1 aliphatic heterocycles. The minimum absolute atomic E-state index is 0.310. The molecule has 2 rings (SSSR count). The Labute approximate surface area is 139 Å². The Balaban J connectivity index is 1.97. The smallest absolute Gasteiger partial charge is 0.223 e. The van der Waals surface area contributed by atoms with Crippen molar-refractivity contribution < 1.29 is 8.42 Å². The molecule has 1 fully saturated rings. The lowest BCUT2D eigenvalue weighted by Crippen LogP contribution is -2.28. The Morgan fingerprint density at radius 3 is 2.35 bits per heavy atom. The quantitative estimate of drug-likeness (QED) is 0.857. The highest BCUT2D eigenvalue weighted by atomic mass is 32.2. The molecule has 1 aromatic heterocycles. The van der Waals surface area contributed by atoms with Gasteiger partial charge >= 0.3 is 0 Å². The van der Waals surface area contributed by atoms with Crippen molar-refractivity contribution >= 4 is 16.0 Å². The van der Waals surface area contributed by atoms with E-state index >= 15 is 0 Å². The molecule has 2 heterocycles. The Morgan fingerprint density at radius 1 is 1.26 bits per heavy atom. The van der Waals surface area contributed by atoms with Gasteiger partial charge in [0.05, 0.1) is 6.26 Å². The predicted octanol–water partition coefficient (Wildman–Crippen LogP) is 1.99. The van der Waals surface area contributed by atoms with Crippen LogP contribution in [0, 0.1) is 25.7 Å². The van der Waals surface area contributed by atoms with Crippen LogP contribution in [0.5, 0.6) is 0 Å². The van der Waals surface area contributed by atoms with E-state index < -0.39 is 10.0 Å². The van der Waals surface area contributed by atoms with Crippen molar-refractivity contribution in [3.05, 3.63) is 17.0 Å². The summed E-state index contributed by atoms with van der Waals surface area (Å²) in [7, 11) is -3.07. The largest absolute Gasteiger partial charge is 0.354 e. The molecule has 0 unspecified atom stereocenters. The molecule has 7 heteroatoms. The van der Waals surface area contributed by atoms with Crippen LogP contribution in [-0.4, -0.2) is 48.6 Å². The second kappa shape index (κ2) is 7.13. The topological polar surface area (TPSA) is 75.2 Å². The molecule has 1 atom stereocenters. The summed E-state index contributed by atoms with van der Waals surface area (Å²) in [5.41, 5.74) is 3.28. The highest BCUT2D eigenvalue weighted by Gasteiger charge is 2.28. The molecule has 1 aromatic rings. The number of anilines is 1. The molecular weight excluding hydrogens is 312 g/mol. The van der Waals surface area contributed by atoms with Gasteiger partial charge in [-0.05, 0) is 44.1 Å². The van der Waals surface area contributed by atoms with Crippen LogP contribution in [0.3, 0.4) is 0 Å². The Morgan fingerprint density at radius 2 is 1.87 bits per heavy atom. The average molecular weight is 340 g/mol. The van der Waals surface area contributed by atoms with Gasteiger partial charge in [0, 0.05) is 31.0 Å². The van der Waals surface area contributed by atoms with Gasteiger partial charge in [-0.15, -0.1) is 0 Å². The number of sulfonamides is 1. The summed E-state index contributed by atoms with van der Waals surface area (Å²) in [6.07, 6.45) is 3.14. The Hall–Kier alpha value is -1.21. The molecule has 1 saturated heterocycles. The molecule has 0 bridgehead atoms. The first-order valence-electron chi connectivity index (χ1n) is 8.20. The molecule has 1 N–H and O–H groups in total. The maximum absolute atomic E-state index is 11.5. The van der Waals surface area contributed by atoms with E-state index in [-0.39, 0.29) is 0 Å². The summed E-state index contributed by atoms with van der Waals surface area (Å²) in [5, 5.41) is 3.28. The first kappa shape index (κ1) is 18.1. The minimum Gasteiger partial charge on any atom is -0.354 e.